The van der Waals surface area contributed by atoms with Gasteiger partial charge in [0.15, 0.2) is 0 Å². The lowest BCUT2D eigenvalue weighted by molar-refractivity contribution is 0.416. The van der Waals surface area contributed by atoms with E-state index in [-0.39, 0.29) is 5.56 Å². The Morgan fingerprint density at radius 1 is 1.08 bits per heavy atom. The van der Waals surface area contributed by atoms with Crippen LogP contribution in [0.4, 0.5) is 0 Å². The van der Waals surface area contributed by atoms with Crippen LogP contribution in [0.3, 0.4) is 0 Å². The van der Waals surface area contributed by atoms with Crippen molar-refractivity contribution in [1.29, 1.82) is 0 Å². The number of rotatable bonds is 3. The molecule has 5 heteroatoms. The Bertz CT molecular complexity index is 1060. The molecule has 4 rings (SSSR count). The molecule has 0 spiro atoms. The van der Waals surface area contributed by atoms with Gasteiger partial charge in [-0.3, -0.25) is 4.79 Å². The lowest BCUT2D eigenvalue weighted by Gasteiger charge is -2.12. The third-order valence-corrected chi connectivity index (χ3v) is 4.03. The predicted octanol–water partition coefficient (Wildman–Crippen LogP) is 3.37. The van der Waals surface area contributed by atoms with Crippen molar-refractivity contribution in [2.24, 2.45) is 0 Å². The molecule has 3 heterocycles. The molecule has 0 bridgehead atoms. The molecule has 0 unspecified atom stereocenters. The van der Waals surface area contributed by atoms with E-state index in [9.17, 15) is 4.79 Å². The highest BCUT2D eigenvalue weighted by molar-refractivity contribution is 5.85. The van der Waals surface area contributed by atoms with E-state index in [1.807, 2.05) is 47.1 Å². The number of methoxy groups -OCH3 is 1. The minimum Gasteiger partial charge on any atom is -0.496 e. The largest absolute Gasteiger partial charge is 0.496 e. The van der Waals surface area contributed by atoms with Gasteiger partial charge in [0.2, 0.25) is 5.56 Å². The molecule has 0 aliphatic heterocycles. The van der Waals surface area contributed by atoms with Crippen LogP contribution >= 0.6 is 0 Å². The third kappa shape index (κ3) is 2.36. The Kier molecular flexibility index (Phi) is 3.39. The molecule has 1 aromatic carbocycles. The number of hydrogen-bond acceptors (Lipinski definition) is 3. The molecular weight excluding hydrogens is 302 g/mol. The van der Waals surface area contributed by atoms with Crippen molar-refractivity contribution >= 4 is 5.52 Å². The van der Waals surface area contributed by atoms with Crippen LogP contribution < -0.4 is 10.3 Å². The third-order valence-electron chi connectivity index (χ3n) is 4.03. The molecule has 0 saturated carbocycles. The predicted molar refractivity (Wildman–Crippen MR) is 93.2 cm³/mol. The van der Waals surface area contributed by atoms with Crippen LogP contribution in [0.2, 0.25) is 0 Å². The van der Waals surface area contributed by atoms with Gasteiger partial charge in [0, 0.05) is 40.7 Å². The summed E-state index contributed by atoms with van der Waals surface area (Å²) >= 11 is 0. The van der Waals surface area contributed by atoms with Crippen molar-refractivity contribution in [3.63, 3.8) is 0 Å². The zero-order valence-electron chi connectivity index (χ0n) is 13.1. The SMILES string of the molecule is COc1ccccc1-c1cc(-c2ccc(=O)[nH]c2)c2cncn2c1. The second kappa shape index (κ2) is 5.70. The van der Waals surface area contributed by atoms with Crippen molar-refractivity contribution < 1.29 is 4.74 Å². The Morgan fingerprint density at radius 3 is 2.75 bits per heavy atom. The number of benzene rings is 1. The highest BCUT2D eigenvalue weighted by Gasteiger charge is 2.11. The Hall–Kier alpha value is -3.34. The number of nitrogens with zero attached hydrogens (tertiary/aromatic N) is 2. The van der Waals surface area contributed by atoms with E-state index in [0.29, 0.717) is 0 Å². The van der Waals surface area contributed by atoms with Crippen LogP contribution in [0.15, 0.2) is 72.2 Å². The average Bonchev–Trinajstić information content (AvgIpc) is 3.10. The number of pyridine rings is 2. The van der Waals surface area contributed by atoms with Gasteiger partial charge in [-0.15, -0.1) is 0 Å². The molecule has 1 N–H and O–H groups in total. The van der Waals surface area contributed by atoms with E-state index in [0.717, 1.165) is 33.5 Å². The molecule has 0 atom stereocenters. The van der Waals surface area contributed by atoms with E-state index in [4.69, 9.17) is 4.74 Å². The van der Waals surface area contributed by atoms with E-state index < -0.39 is 0 Å². The maximum atomic E-state index is 11.3. The maximum Gasteiger partial charge on any atom is 0.247 e. The molecule has 0 amide bonds. The minimum atomic E-state index is -0.121. The molecule has 0 fully saturated rings. The first kappa shape index (κ1) is 14.3. The van der Waals surface area contributed by atoms with E-state index >= 15 is 0 Å². The van der Waals surface area contributed by atoms with Crippen LogP contribution in [-0.2, 0) is 0 Å². The minimum absolute atomic E-state index is 0.121. The van der Waals surface area contributed by atoms with Crippen LogP contribution in [-0.4, -0.2) is 21.5 Å². The normalized spacial score (nSPS) is 10.9. The number of aromatic nitrogens is 3. The fourth-order valence-electron chi connectivity index (χ4n) is 2.87. The molecule has 0 aliphatic carbocycles. The molecule has 0 saturated heterocycles. The second-order valence-corrected chi connectivity index (χ2v) is 5.47. The molecule has 3 aromatic heterocycles. The summed E-state index contributed by atoms with van der Waals surface area (Å²) in [5, 5.41) is 0. The Labute approximate surface area is 138 Å². The van der Waals surface area contributed by atoms with Gasteiger partial charge in [0.05, 0.1) is 25.2 Å². The van der Waals surface area contributed by atoms with Crippen LogP contribution in [0.5, 0.6) is 5.75 Å². The molecule has 5 nitrogen and oxygen atoms in total. The second-order valence-electron chi connectivity index (χ2n) is 5.47. The number of fused-ring (bicyclic) bond motifs is 1. The summed E-state index contributed by atoms with van der Waals surface area (Å²) in [4.78, 5) is 18.3. The highest BCUT2D eigenvalue weighted by atomic mass is 16.5. The summed E-state index contributed by atoms with van der Waals surface area (Å²) in [6.07, 6.45) is 7.32. The van der Waals surface area contributed by atoms with Crippen molar-refractivity contribution in [3.8, 4) is 28.0 Å². The van der Waals surface area contributed by atoms with E-state index in [1.54, 1.807) is 19.6 Å². The van der Waals surface area contributed by atoms with Crippen LogP contribution in [0.25, 0.3) is 27.8 Å². The summed E-state index contributed by atoms with van der Waals surface area (Å²) in [5.74, 6) is 0.810. The molecule has 4 aromatic rings. The monoisotopic (exact) mass is 317 g/mol. The lowest BCUT2D eigenvalue weighted by atomic mass is 10.0. The zero-order chi connectivity index (χ0) is 16.5. The van der Waals surface area contributed by atoms with Gasteiger partial charge in [0.25, 0.3) is 0 Å². The van der Waals surface area contributed by atoms with Crippen molar-refractivity contribution in [2.45, 2.75) is 0 Å². The van der Waals surface area contributed by atoms with Crippen LogP contribution in [0, 0.1) is 0 Å². The van der Waals surface area contributed by atoms with Gasteiger partial charge in [-0.25, -0.2) is 4.98 Å². The zero-order valence-corrected chi connectivity index (χ0v) is 13.1. The van der Waals surface area contributed by atoms with Gasteiger partial charge < -0.3 is 14.1 Å². The molecule has 24 heavy (non-hydrogen) atoms. The number of H-pyrrole nitrogens is 1. The summed E-state index contributed by atoms with van der Waals surface area (Å²) in [6.45, 7) is 0. The first-order chi connectivity index (χ1) is 11.8. The van der Waals surface area contributed by atoms with Crippen LogP contribution in [0.1, 0.15) is 0 Å². The van der Waals surface area contributed by atoms with Gasteiger partial charge in [-0.2, -0.15) is 0 Å². The Morgan fingerprint density at radius 2 is 1.96 bits per heavy atom. The first-order valence-corrected chi connectivity index (χ1v) is 7.54. The number of ether oxygens (including phenoxy) is 1. The Balaban J connectivity index is 1.99. The number of aromatic amines is 1. The summed E-state index contributed by atoms with van der Waals surface area (Å²) in [7, 11) is 1.66. The smallest absolute Gasteiger partial charge is 0.247 e. The molecule has 0 radical (unpaired) electrons. The molecular formula is C19H15N3O2. The van der Waals surface area contributed by atoms with Crippen molar-refractivity contribution in [2.75, 3.05) is 7.11 Å². The number of para-hydroxylation sites is 1. The highest BCUT2D eigenvalue weighted by Crippen LogP contribution is 2.34. The lowest BCUT2D eigenvalue weighted by Crippen LogP contribution is -2.01. The fourth-order valence-corrected chi connectivity index (χ4v) is 2.87. The molecule has 0 aliphatic rings. The summed E-state index contributed by atoms with van der Waals surface area (Å²) < 4.78 is 7.46. The van der Waals surface area contributed by atoms with E-state index in [2.05, 4.69) is 16.0 Å². The van der Waals surface area contributed by atoms with Gasteiger partial charge in [-0.05, 0) is 18.2 Å². The standard InChI is InChI=1S/C19H15N3O2/c1-24-18-5-3-2-4-15(18)14-8-16(13-6-7-19(23)21-9-13)17-10-20-12-22(17)11-14/h2-12H,1H3,(H,21,23). The number of imidazole rings is 1. The quantitative estimate of drug-likeness (QED) is 0.630. The summed E-state index contributed by atoms with van der Waals surface area (Å²) in [5.41, 5.74) is 4.79. The average molecular weight is 317 g/mol. The summed E-state index contributed by atoms with van der Waals surface area (Å²) in [6, 6.07) is 13.3. The van der Waals surface area contributed by atoms with E-state index in [1.165, 1.54) is 6.07 Å². The van der Waals surface area contributed by atoms with Gasteiger partial charge in [-0.1, -0.05) is 18.2 Å². The fraction of sp³-hybridized carbons (Fsp3) is 0.0526. The number of nitrogens with one attached hydrogen (secondary N) is 1. The number of hydrogen-bond donors (Lipinski definition) is 1. The van der Waals surface area contributed by atoms with Gasteiger partial charge >= 0.3 is 0 Å². The van der Waals surface area contributed by atoms with Gasteiger partial charge in [0.1, 0.15) is 5.75 Å². The van der Waals surface area contributed by atoms with Crippen molar-refractivity contribution in [1.82, 2.24) is 14.4 Å². The molecule has 118 valence electrons. The van der Waals surface area contributed by atoms with Crippen molar-refractivity contribution in [3.05, 3.63) is 77.7 Å². The first-order valence-electron chi connectivity index (χ1n) is 7.54. The topological polar surface area (TPSA) is 59.4 Å². The maximum absolute atomic E-state index is 11.3.